The molecule has 0 aromatic heterocycles. The third-order valence-electron chi connectivity index (χ3n) is 4.97. The Balaban J connectivity index is 1.78. The van der Waals surface area contributed by atoms with Crippen molar-refractivity contribution in [2.45, 2.75) is 52.4 Å². The van der Waals surface area contributed by atoms with E-state index in [1.165, 1.54) is 5.56 Å². The Morgan fingerprint density at radius 3 is 2.44 bits per heavy atom. The average molecular weight is 370 g/mol. The maximum absolute atomic E-state index is 12.2. The number of aryl methyl sites for hydroxylation is 1. The van der Waals surface area contributed by atoms with Crippen molar-refractivity contribution in [1.82, 2.24) is 0 Å². The Hall–Kier alpha value is -2.49. The summed E-state index contributed by atoms with van der Waals surface area (Å²) < 4.78 is 11.1. The van der Waals surface area contributed by atoms with E-state index in [0.29, 0.717) is 30.9 Å². The van der Waals surface area contributed by atoms with Crippen LogP contribution >= 0.6 is 0 Å². The summed E-state index contributed by atoms with van der Waals surface area (Å²) in [6.45, 7) is 9.17. The molecule has 0 radical (unpaired) electrons. The number of amides is 1. The second-order valence-electron chi connectivity index (χ2n) is 7.47. The first kappa shape index (κ1) is 20.8. The van der Waals surface area contributed by atoms with E-state index in [1.54, 1.807) is 7.11 Å². The van der Waals surface area contributed by atoms with Crippen molar-refractivity contribution in [3.63, 3.8) is 0 Å². The Morgan fingerprint density at radius 2 is 1.81 bits per heavy atom. The fourth-order valence-corrected chi connectivity index (χ4v) is 2.76. The summed E-state index contributed by atoms with van der Waals surface area (Å²) in [4.78, 5) is 12.2. The number of methoxy groups -OCH3 is 1. The Labute approximate surface area is 162 Å². The van der Waals surface area contributed by atoms with E-state index in [2.05, 4.69) is 38.2 Å². The van der Waals surface area contributed by atoms with E-state index in [0.717, 1.165) is 17.7 Å². The summed E-state index contributed by atoms with van der Waals surface area (Å²) in [5.74, 6) is 1.47. The van der Waals surface area contributed by atoms with E-state index >= 15 is 0 Å². The minimum Gasteiger partial charge on any atom is -0.495 e. The minimum absolute atomic E-state index is 0.0393. The molecule has 1 amide bonds. The lowest BCUT2D eigenvalue weighted by molar-refractivity contribution is -0.116. The fraction of sp³-hybridized carbons (Fsp3) is 0.435. The van der Waals surface area contributed by atoms with Gasteiger partial charge in [-0.15, -0.1) is 0 Å². The average Bonchev–Trinajstić information content (AvgIpc) is 2.66. The summed E-state index contributed by atoms with van der Waals surface area (Å²) in [5, 5.41) is 2.91. The standard InChI is InChI=1S/C23H31NO3/c1-6-23(3,4)18-10-12-19(13-11-18)27-15-7-8-22(25)24-20-16-17(2)9-14-21(20)26-5/h9-14,16H,6-8,15H2,1-5H3,(H,24,25). The molecular formula is C23H31NO3. The van der Waals surface area contributed by atoms with E-state index < -0.39 is 0 Å². The van der Waals surface area contributed by atoms with Gasteiger partial charge in [0.05, 0.1) is 19.4 Å². The number of carbonyl (C=O) groups excluding carboxylic acids is 1. The highest BCUT2D eigenvalue weighted by Crippen LogP contribution is 2.28. The van der Waals surface area contributed by atoms with E-state index in [1.807, 2.05) is 37.3 Å². The van der Waals surface area contributed by atoms with Crippen molar-refractivity contribution in [3.05, 3.63) is 53.6 Å². The van der Waals surface area contributed by atoms with Gasteiger partial charge in [0.25, 0.3) is 0 Å². The predicted molar refractivity (Wildman–Crippen MR) is 111 cm³/mol. The normalized spacial score (nSPS) is 11.1. The van der Waals surface area contributed by atoms with E-state index in [-0.39, 0.29) is 11.3 Å². The SMILES string of the molecule is CCC(C)(C)c1ccc(OCCCC(=O)Nc2cc(C)ccc2OC)cc1. The molecule has 4 nitrogen and oxygen atoms in total. The first-order chi connectivity index (χ1) is 12.9. The maximum atomic E-state index is 12.2. The van der Waals surface area contributed by atoms with Gasteiger partial charge in [0.15, 0.2) is 0 Å². The van der Waals surface area contributed by atoms with Crippen LogP contribution in [0.25, 0.3) is 0 Å². The molecule has 2 rings (SSSR count). The lowest BCUT2D eigenvalue weighted by atomic mass is 9.82. The Bertz CT molecular complexity index is 751. The van der Waals surface area contributed by atoms with Gasteiger partial charge in [0, 0.05) is 6.42 Å². The van der Waals surface area contributed by atoms with Crippen LogP contribution in [0.1, 0.15) is 51.2 Å². The number of anilines is 1. The quantitative estimate of drug-likeness (QED) is 0.595. The third kappa shape index (κ3) is 6.02. The first-order valence-corrected chi connectivity index (χ1v) is 9.53. The van der Waals surface area contributed by atoms with Crippen LogP contribution in [0.4, 0.5) is 5.69 Å². The van der Waals surface area contributed by atoms with Gasteiger partial charge >= 0.3 is 0 Å². The number of ether oxygens (including phenoxy) is 2. The van der Waals surface area contributed by atoms with Crippen molar-refractivity contribution in [3.8, 4) is 11.5 Å². The summed E-state index contributed by atoms with van der Waals surface area (Å²) in [7, 11) is 1.60. The van der Waals surface area contributed by atoms with E-state index in [9.17, 15) is 4.79 Å². The number of rotatable bonds is 9. The molecule has 0 aliphatic rings. The van der Waals surface area contributed by atoms with Gasteiger partial charge in [-0.2, -0.15) is 0 Å². The third-order valence-corrected chi connectivity index (χ3v) is 4.97. The first-order valence-electron chi connectivity index (χ1n) is 9.53. The van der Waals surface area contributed by atoms with Crippen molar-refractivity contribution in [1.29, 1.82) is 0 Å². The fourth-order valence-electron chi connectivity index (χ4n) is 2.76. The molecule has 0 aliphatic heterocycles. The van der Waals surface area contributed by atoms with Gasteiger partial charge in [0.1, 0.15) is 11.5 Å². The molecule has 0 atom stereocenters. The van der Waals surface area contributed by atoms with Gasteiger partial charge in [-0.25, -0.2) is 0 Å². The zero-order valence-corrected chi connectivity index (χ0v) is 17.1. The highest BCUT2D eigenvalue weighted by Gasteiger charge is 2.17. The molecule has 0 saturated carbocycles. The van der Waals surface area contributed by atoms with Crippen molar-refractivity contribution < 1.29 is 14.3 Å². The zero-order chi connectivity index (χ0) is 19.9. The molecule has 0 fully saturated rings. The van der Waals surface area contributed by atoms with Crippen LogP contribution in [0.15, 0.2) is 42.5 Å². The van der Waals surface area contributed by atoms with Crippen LogP contribution < -0.4 is 14.8 Å². The summed E-state index contributed by atoms with van der Waals surface area (Å²) in [6, 6.07) is 14.0. The van der Waals surface area contributed by atoms with Gasteiger partial charge in [-0.05, 0) is 60.6 Å². The van der Waals surface area contributed by atoms with Gasteiger partial charge in [0.2, 0.25) is 5.91 Å². The molecule has 0 aliphatic carbocycles. The van der Waals surface area contributed by atoms with Gasteiger partial charge in [-0.3, -0.25) is 4.79 Å². The number of carbonyl (C=O) groups is 1. The summed E-state index contributed by atoms with van der Waals surface area (Å²) in [6.07, 6.45) is 2.15. The van der Waals surface area contributed by atoms with Crippen molar-refractivity contribution >= 4 is 11.6 Å². The molecule has 0 unspecified atom stereocenters. The van der Waals surface area contributed by atoms with Gasteiger partial charge in [-0.1, -0.05) is 39.0 Å². The molecule has 146 valence electrons. The van der Waals surface area contributed by atoms with Crippen LogP contribution in [-0.2, 0) is 10.2 Å². The number of hydrogen-bond acceptors (Lipinski definition) is 3. The number of benzene rings is 2. The second-order valence-corrected chi connectivity index (χ2v) is 7.47. The second kappa shape index (κ2) is 9.45. The highest BCUT2D eigenvalue weighted by atomic mass is 16.5. The smallest absolute Gasteiger partial charge is 0.224 e. The molecule has 27 heavy (non-hydrogen) atoms. The summed E-state index contributed by atoms with van der Waals surface area (Å²) >= 11 is 0. The largest absolute Gasteiger partial charge is 0.495 e. The lowest BCUT2D eigenvalue weighted by Crippen LogP contribution is -2.15. The molecule has 0 bridgehead atoms. The summed E-state index contributed by atoms with van der Waals surface area (Å²) in [5.41, 5.74) is 3.26. The van der Waals surface area contributed by atoms with Crippen LogP contribution in [0.2, 0.25) is 0 Å². The number of hydrogen-bond donors (Lipinski definition) is 1. The topological polar surface area (TPSA) is 47.6 Å². The Kier molecular flexibility index (Phi) is 7.28. The molecule has 0 heterocycles. The van der Waals surface area contributed by atoms with Gasteiger partial charge < -0.3 is 14.8 Å². The monoisotopic (exact) mass is 369 g/mol. The molecule has 2 aromatic carbocycles. The molecule has 0 spiro atoms. The molecular weight excluding hydrogens is 338 g/mol. The zero-order valence-electron chi connectivity index (χ0n) is 17.1. The van der Waals surface area contributed by atoms with E-state index in [4.69, 9.17) is 9.47 Å². The highest BCUT2D eigenvalue weighted by molar-refractivity contribution is 5.92. The molecule has 1 N–H and O–H groups in total. The lowest BCUT2D eigenvalue weighted by Gasteiger charge is -2.23. The number of nitrogens with one attached hydrogen (secondary N) is 1. The Morgan fingerprint density at radius 1 is 1.11 bits per heavy atom. The maximum Gasteiger partial charge on any atom is 0.224 e. The predicted octanol–water partition coefficient (Wildman–Crippen LogP) is 5.49. The molecule has 4 heteroatoms. The van der Waals surface area contributed by atoms with Crippen molar-refractivity contribution in [2.75, 3.05) is 19.0 Å². The van der Waals surface area contributed by atoms with Crippen LogP contribution in [-0.4, -0.2) is 19.6 Å². The van der Waals surface area contributed by atoms with Crippen molar-refractivity contribution in [2.24, 2.45) is 0 Å². The molecule has 0 saturated heterocycles. The molecule has 2 aromatic rings. The van der Waals surface area contributed by atoms with Crippen LogP contribution in [0.5, 0.6) is 11.5 Å². The van der Waals surface area contributed by atoms with Crippen LogP contribution in [0.3, 0.4) is 0 Å². The minimum atomic E-state index is -0.0393. The van der Waals surface area contributed by atoms with Crippen LogP contribution in [0, 0.1) is 6.92 Å².